The van der Waals surface area contributed by atoms with E-state index in [9.17, 15) is 4.79 Å². The minimum absolute atomic E-state index is 0.0440. The molecular weight excluding hydrogens is 126 g/mol. The Bertz CT molecular complexity index is 117. The summed E-state index contributed by atoms with van der Waals surface area (Å²) < 4.78 is 0. The van der Waals surface area contributed by atoms with Crippen LogP contribution in [0.3, 0.4) is 0 Å². The van der Waals surface area contributed by atoms with Gasteiger partial charge in [-0.2, -0.15) is 0 Å². The van der Waals surface area contributed by atoms with Crippen LogP contribution < -0.4 is 0 Å². The molecule has 0 spiro atoms. The normalized spacial score (nSPS) is 29.5. The van der Waals surface area contributed by atoms with Crippen LogP contribution in [0.4, 0.5) is 4.79 Å². The van der Waals surface area contributed by atoms with E-state index in [1.54, 1.807) is 7.05 Å². The van der Waals surface area contributed by atoms with Gasteiger partial charge >= 0.3 is 0 Å². The first-order valence-corrected chi connectivity index (χ1v) is 3.28. The van der Waals surface area contributed by atoms with Gasteiger partial charge in [-0.05, 0) is 0 Å². The SMILES string of the molecule is CN1C(=O)SCC1O. The first-order valence-electron chi connectivity index (χ1n) is 2.29. The average Bonchev–Trinajstić information content (AvgIpc) is 1.98. The molecule has 0 radical (unpaired) electrons. The van der Waals surface area contributed by atoms with Crippen LogP contribution in [0.1, 0.15) is 0 Å². The molecule has 1 aliphatic heterocycles. The summed E-state index contributed by atoms with van der Waals surface area (Å²) in [7, 11) is 1.59. The van der Waals surface area contributed by atoms with Gasteiger partial charge in [-0.3, -0.25) is 4.79 Å². The molecule has 4 heteroatoms. The van der Waals surface area contributed by atoms with Crippen molar-refractivity contribution in [1.29, 1.82) is 0 Å². The number of thioether (sulfide) groups is 1. The molecule has 0 aliphatic carbocycles. The van der Waals surface area contributed by atoms with E-state index >= 15 is 0 Å². The summed E-state index contributed by atoms with van der Waals surface area (Å²) in [6.45, 7) is 0. The molecule has 1 atom stereocenters. The molecule has 0 aromatic rings. The molecule has 3 nitrogen and oxygen atoms in total. The fourth-order valence-corrected chi connectivity index (χ4v) is 1.32. The lowest BCUT2D eigenvalue weighted by atomic mass is 10.6. The molecule has 1 unspecified atom stereocenters. The Balaban J connectivity index is 2.56. The largest absolute Gasteiger partial charge is 0.373 e. The highest BCUT2D eigenvalue weighted by Crippen LogP contribution is 2.19. The van der Waals surface area contributed by atoms with Crippen LogP contribution in [-0.4, -0.2) is 34.3 Å². The quantitative estimate of drug-likeness (QED) is 0.509. The van der Waals surface area contributed by atoms with Crippen LogP contribution in [-0.2, 0) is 0 Å². The fraction of sp³-hybridized carbons (Fsp3) is 0.750. The van der Waals surface area contributed by atoms with Crippen molar-refractivity contribution in [1.82, 2.24) is 4.90 Å². The van der Waals surface area contributed by atoms with Gasteiger partial charge in [0.2, 0.25) is 0 Å². The van der Waals surface area contributed by atoms with Crippen LogP contribution in [0.5, 0.6) is 0 Å². The molecule has 0 aromatic heterocycles. The first kappa shape index (κ1) is 5.91. The smallest absolute Gasteiger partial charge is 0.283 e. The number of carbonyl (C=O) groups is 1. The maximum atomic E-state index is 10.5. The van der Waals surface area contributed by atoms with E-state index < -0.39 is 6.23 Å². The zero-order valence-electron chi connectivity index (χ0n) is 4.50. The number of aliphatic hydroxyl groups is 1. The third-order valence-electron chi connectivity index (χ3n) is 1.09. The lowest BCUT2D eigenvalue weighted by Crippen LogP contribution is -2.28. The third-order valence-corrected chi connectivity index (χ3v) is 2.09. The predicted octanol–water partition coefficient (Wildman–Crippen LogP) is 0.103. The molecular formula is C4H7NO2S. The minimum atomic E-state index is -0.563. The highest BCUT2D eigenvalue weighted by atomic mass is 32.2. The molecule has 1 saturated heterocycles. The summed E-state index contributed by atoms with van der Waals surface area (Å²) >= 11 is 1.15. The van der Waals surface area contributed by atoms with E-state index in [4.69, 9.17) is 5.11 Å². The number of amides is 1. The predicted molar refractivity (Wildman–Crippen MR) is 31.6 cm³/mol. The van der Waals surface area contributed by atoms with Crippen molar-refractivity contribution in [2.24, 2.45) is 0 Å². The second kappa shape index (κ2) is 1.95. The summed E-state index contributed by atoms with van der Waals surface area (Å²) in [5.74, 6) is 0.509. The number of hydrogen-bond acceptors (Lipinski definition) is 3. The Labute approximate surface area is 51.7 Å². The highest BCUT2D eigenvalue weighted by molar-refractivity contribution is 8.13. The van der Waals surface area contributed by atoms with Gasteiger partial charge in [0, 0.05) is 12.8 Å². The fourth-order valence-electron chi connectivity index (χ4n) is 0.481. The average molecular weight is 133 g/mol. The van der Waals surface area contributed by atoms with E-state index in [1.165, 1.54) is 4.90 Å². The van der Waals surface area contributed by atoms with Crippen molar-refractivity contribution >= 4 is 17.0 Å². The van der Waals surface area contributed by atoms with Crippen molar-refractivity contribution in [3.63, 3.8) is 0 Å². The number of carbonyl (C=O) groups excluding carboxylic acids is 1. The van der Waals surface area contributed by atoms with Gasteiger partial charge in [-0.1, -0.05) is 11.8 Å². The minimum Gasteiger partial charge on any atom is -0.373 e. The monoisotopic (exact) mass is 133 g/mol. The molecule has 1 heterocycles. The summed E-state index contributed by atoms with van der Waals surface area (Å²) in [6, 6.07) is 0. The van der Waals surface area contributed by atoms with Gasteiger partial charge in [0.15, 0.2) is 0 Å². The summed E-state index contributed by atoms with van der Waals surface area (Å²) in [4.78, 5) is 11.8. The molecule has 1 amide bonds. The van der Waals surface area contributed by atoms with Gasteiger partial charge in [0.1, 0.15) is 6.23 Å². The molecule has 1 N–H and O–H groups in total. The Kier molecular flexibility index (Phi) is 1.44. The number of rotatable bonds is 0. The molecule has 8 heavy (non-hydrogen) atoms. The van der Waals surface area contributed by atoms with Crippen molar-refractivity contribution in [3.8, 4) is 0 Å². The zero-order valence-corrected chi connectivity index (χ0v) is 5.31. The molecule has 0 bridgehead atoms. The molecule has 0 aromatic carbocycles. The van der Waals surface area contributed by atoms with Gasteiger partial charge < -0.3 is 10.0 Å². The number of aliphatic hydroxyl groups excluding tert-OH is 1. The van der Waals surface area contributed by atoms with E-state index in [2.05, 4.69) is 0 Å². The Morgan fingerprint density at radius 3 is 2.75 bits per heavy atom. The second-order valence-corrected chi connectivity index (χ2v) is 2.64. The molecule has 1 aliphatic rings. The standard InChI is InChI=1S/C4H7NO2S/c1-5-3(6)2-8-4(5)7/h3,6H,2H2,1H3. The lowest BCUT2D eigenvalue weighted by molar-refractivity contribution is 0.0829. The molecule has 0 saturated carbocycles. The highest BCUT2D eigenvalue weighted by Gasteiger charge is 2.25. The Morgan fingerprint density at radius 1 is 2.00 bits per heavy atom. The van der Waals surface area contributed by atoms with E-state index in [1.807, 2.05) is 0 Å². The van der Waals surface area contributed by atoms with Crippen LogP contribution in [0.2, 0.25) is 0 Å². The van der Waals surface area contributed by atoms with Crippen LogP contribution in [0.25, 0.3) is 0 Å². The van der Waals surface area contributed by atoms with Gasteiger partial charge in [-0.25, -0.2) is 0 Å². The van der Waals surface area contributed by atoms with Crippen LogP contribution >= 0.6 is 11.8 Å². The van der Waals surface area contributed by atoms with Gasteiger partial charge in [0.25, 0.3) is 5.24 Å². The van der Waals surface area contributed by atoms with E-state index in [-0.39, 0.29) is 5.24 Å². The zero-order chi connectivity index (χ0) is 6.15. The van der Waals surface area contributed by atoms with E-state index in [0.717, 1.165) is 11.8 Å². The molecule has 1 fully saturated rings. The second-order valence-electron chi connectivity index (χ2n) is 1.67. The van der Waals surface area contributed by atoms with Gasteiger partial charge in [0.05, 0.1) is 0 Å². The number of hydrogen-bond donors (Lipinski definition) is 1. The topological polar surface area (TPSA) is 40.5 Å². The maximum Gasteiger partial charge on any atom is 0.283 e. The van der Waals surface area contributed by atoms with E-state index in [0.29, 0.717) is 5.75 Å². The Morgan fingerprint density at radius 2 is 2.62 bits per heavy atom. The Hall–Kier alpha value is -0.220. The van der Waals surface area contributed by atoms with Crippen LogP contribution in [0, 0.1) is 0 Å². The number of nitrogens with zero attached hydrogens (tertiary/aromatic N) is 1. The van der Waals surface area contributed by atoms with Crippen molar-refractivity contribution in [2.45, 2.75) is 6.23 Å². The molecule has 1 rings (SSSR count). The third kappa shape index (κ3) is 0.809. The maximum absolute atomic E-state index is 10.5. The molecule has 46 valence electrons. The summed E-state index contributed by atoms with van der Waals surface area (Å²) in [6.07, 6.45) is -0.563. The summed E-state index contributed by atoms with van der Waals surface area (Å²) in [5.41, 5.74) is 0. The van der Waals surface area contributed by atoms with Crippen molar-refractivity contribution < 1.29 is 9.90 Å². The first-order chi connectivity index (χ1) is 3.72. The van der Waals surface area contributed by atoms with Crippen molar-refractivity contribution in [3.05, 3.63) is 0 Å². The van der Waals surface area contributed by atoms with Crippen molar-refractivity contribution in [2.75, 3.05) is 12.8 Å². The van der Waals surface area contributed by atoms with Gasteiger partial charge in [-0.15, -0.1) is 0 Å². The summed E-state index contributed by atoms with van der Waals surface area (Å²) in [5, 5.41) is 8.81. The lowest BCUT2D eigenvalue weighted by Gasteiger charge is -2.10. The van der Waals surface area contributed by atoms with Crippen LogP contribution in [0.15, 0.2) is 0 Å².